The summed E-state index contributed by atoms with van der Waals surface area (Å²) in [4.78, 5) is 2.45. The number of aliphatic hydroxyl groups excluding tert-OH is 1. The van der Waals surface area contributed by atoms with Crippen molar-refractivity contribution in [1.29, 1.82) is 0 Å². The fourth-order valence-corrected chi connectivity index (χ4v) is 2.98. The van der Waals surface area contributed by atoms with Gasteiger partial charge in [-0.2, -0.15) is 0 Å². The van der Waals surface area contributed by atoms with Crippen molar-refractivity contribution in [3.05, 3.63) is 35.9 Å². The Kier molecular flexibility index (Phi) is 6.02. The molecular formula is C17H27NO2. The highest BCUT2D eigenvalue weighted by molar-refractivity contribution is 5.17. The second-order valence-corrected chi connectivity index (χ2v) is 5.79. The summed E-state index contributed by atoms with van der Waals surface area (Å²) in [5.74, 6) is 0.251. The fraction of sp³-hybridized carbons (Fsp3) is 0.647. The topological polar surface area (TPSA) is 32.7 Å². The van der Waals surface area contributed by atoms with Gasteiger partial charge in [-0.05, 0) is 31.2 Å². The lowest BCUT2D eigenvalue weighted by Gasteiger charge is -2.34. The minimum Gasteiger partial charge on any atom is -0.388 e. The second-order valence-electron chi connectivity index (χ2n) is 5.79. The normalized spacial score (nSPS) is 20.8. The van der Waals surface area contributed by atoms with Crippen LogP contribution in [0.5, 0.6) is 0 Å². The van der Waals surface area contributed by atoms with Crippen LogP contribution in [-0.4, -0.2) is 42.4 Å². The van der Waals surface area contributed by atoms with E-state index in [1.165, 1.54) is 0 Å². The zero-order valence-corrected chi connectivity index (χ0v) is 12.7. The van der Waals surface area contributed by atoms with Crippen LogP contribution in [0.1, 0.15) is 38.4 Å². The van der Waals surface area contributed by atoms with Crippen LogP contribution in [0.25, 0.3) is 0 Å². The molecule has 1 aromatic carbocycles. The highest BCUT2D eigenvalue weighted by atomic mass is 16.5. The van der Waals surface area contributed by atoms with Gasteiger partial charge < -0.3 is 14.7 Å². The molecule has 2 atom stereocenters. The van der Waals surface area contributed by atoms with Gasteiger partial charge in [0.25, 0.3) is 0 Å². The first-order chi connectivity index (χ1) is 9.70. The minimum absolute atomic E-state index is 0.251. The predicted molar refractivity (Wildman–Crippen MR) is 81.7 cm³/mol. The summed E-state index contributed by atoms with van der Waals surface area (Å²) in [6.07, 6.45) is 2.29. The van der Waals surface area contributed by atoms with E-state index in [0.29, 0.717) is 6.10 Å². The number of ether oxygens (including phenoxy) is 1. The zero-order chi connectivity index (χ0) is 14.4. The smallest absolute Gasteiger partial charge is 0.0827 e. The van der Waals surface area contributed by atoms with Gasteiger partial charge in [0.15, 0.2) is 0 Å². The highest BCUT2D eigenvalue weighted by Gasteiger charge is 2.23. The molecule has 0 amide bonds. The Morgan fingerprint density at radius 3 is 2.50 bits per heavy atom. The standard InChI is InChI=1S/C17H27NO2/c1-3-20-16-9-11-18(12-10-16)13-14(2)17(19)15-7-5-4-6-8-15/h4-8,14,16-17,19H,3,9-13H2,1-2H3. The van der Waals surface area contributed by atoms with Crippen molar-refractivity contribution >= 4 is 0 Å². The van der Waals surface area contributed by atoms with Gasteiger partial charge in [0.05, 0.1) is 12.2 Å². The number of likely N-dealkylation sites (tertiary alicyclic amines) is 1. The molecule has 1 N–H and O–H groups in total. The molecule has 0 saturated carbocycles. The minimum atomic E-state index is -0.374. The number of hydrogen-bond donors (Lipinski definition) is 1. The van der Waals surface area contributed by atoms with Crippen LogP contribution in [0.15, 0.2) is 30.3 Å². The molecule has 1 aliphatic heterocycles. The number of rotatable bonds is 6. The van der Waals surface area contributed by atoms with Gasteiger partial charge >= 0.3 is 0 Å². The number of benzene rings is 1. The van der Waals surface area contributed by atoms with E-state index in [4.69, 9.17) is 4.74 Å². The van der Waals surface area contributed by atoms with E-state index in [1.54, 1.807) is 0 Å². The molecule has 2 rings (SSSR count). The third-order valence-electron chi connectivity index (χ3n) is 4.16. The molecule has 1 saturated heterocycles. The lowest BCUT2D eigenvalue weighted by molar-refractivity contribution is 0.00424. The lowest BCUT2D eigenvalue weighted by Crippen LogP contribution is -2.40. The average molecular weight is 277 g/mol. The summed E-state index contributed by atoms with van der Waals surface area (Å²) in [6, 6.07) is 9.96. The van der Waals surface area contributed by atoms with Crippen LogP contribution in [0.2, 0.25) is 0 Å². The van der Waals surface area contributed by atoms with Crippen molar-refractivity contribution in [3.63, 3.8) is 0 Å². The molecule has 1 fully saturated rings. The maximum absolute atomic E-state index is 10.4. The molecule has 1 heterocycles. The Balaban J connectivity index is 1.79. The van der Waals surface area contributed by atoms with Gasteiger partial charge in [-0.3, -0.25) is 0 Å². The lowest BCUT2D eigenvalue weighted by atomic mass is 9.96. The Morgan fingerprint density at radius 1 is 1.25 bits per heavy atom. The largest absolute Gasteiger partial charge is 0.388 e. The van der Waals surface area contributed by atoms with Gasteiger partial charge in [-0.25, -0.2) is 0 Å². The van der Waals surface area contributed by atoms with Gasteiger partial charge in [0, 0.05) is 26.2 Å². The first-order valence-corrected chi connectivity index (χ1v) is 7.77. The van der Waals surface area contributed by atoms with Crippen LogP contribution in [0.4, 0.5) is 0 Å². The molecule has 20 heavy (non-hydrogen) atoms. The Morgan fingerprint density at radius 2 is 1.90 bits per heavy atom. The molecule has 1 aliphatic rings. The van der Waals surface area contributed by atoms with Crippen LogP contribution < -0.4 is 0 Å². The molecule has 3 nitrogen and oxygen atoms in total. The van der Waals surface area contributed by atoms with Crippen LogP contribution in [-0.2, 0) is 4.74 Å². The van der Waals surface area contributed by atoms with Gasteiger partial charge in [0.2, 0.25) is 0 Å². The molecule has 2 unspecified atom stereocenters. The van der Waals surface area contributed by atoms with E-state index in [2.05, 4.69) is 18.7 Å². The van der Waals surface area contributed by atoms with Crippen LogP contribution in [0, 0.1) is 5.92 Å². The van der Waals surface area contributed by atoms with Crippen molar-refractivity contribution in [1.82, 2.24) is 4.90 Å². The predicted octanol–water partition coefficient (Wildman–Crippen LogP) is 2.86. The third kappa shape index (κ3) is 4.30. The van der Waals surface area contributed by atoms with E-state index >= 15 is 0 Å². The summed E-state index contributed by atoms with van der Waals surface area (Å²) < 4.78 is 5.68. The molecular weight excluding hydrogens is 250 g/mol. The summed E-state index contributed by atoms with van der Waals surface area (Å²) in [7, 11) is 0. The average Bonchev–Trinajstić information content (AvgIpc) is 2.49. The van der Waals surface area contributed by atoms with Crippen molar-refractivity contribution < 1.29 is 9.84 Å². The van der Waals surface area contributed by atoms with Crippen molar-refractivity contribution in [2.75, 3.05) is 26.2 Å². The summed E-state index contributed by atoms with van der Waals surface area (Å²) in [5.41, 5.74) is 1.02. The number of hydrogen-bond acceptors (Lipinski definition) is 3. The molecule has 0 spiro atoms. The fourth-order valence-electron chi connectivity index (χ4n) is 2.98. The van der Waals surface area contributed by atoms with Gasteiger partial charge in [-0.15, -0.1) is 0 Å². The molecule has 0 bridgehead atoms. The molecule has 112 valence electrons. The monoisotopic (exact) mass is 277 g/mol. The van der Waals surface area contributed by atoms with E-state index < -0.39 is 0 Å². The van der Waals surface area contributed by atoms with E-state index in [9.17, 15) is 5.11 Å². The first kappa shape index (κ1) is 15.5. The van der Waals surface area contributed by atoms with Crippen LogP contribution >= 0.6 is 0 Å². The Bertz CT molecular complexity index is 374. The molecule has 0 aliphatic carbocycles. The summed E-state index contributed by atoms with van der Waals surface area (Å²) >= 11 is 0. The van der Waals surface area contributed by atoms with Crippen molar-refractivity contribution in [3.8, 4) is 0 Å². The molecule has 1 aromatic rings. The Hall–Kier alpha value is -0.900. The molecule has 0 radical (unpaired) electrons. The van der Waals surface area contributed by atoms with Crippen LogP contribution in [0.3, 0.4) is 0 Å². The quantitative estimate of drug-likeness (QED) is 0.868. The number of nitrogens with zero attached hydrogens (tertiary/aromatic N) is 1. The molecule has 3 heteroatoms. The summed E-state index contributed by atoms with van der Waals surface area (Å²) in [6.45, 7) is 8.12. The SMILES string of the molecule is CCOC1CCN(CC(C)C(O)c2ccccc2)CC1. The highest BCUT2D eigenvalue weighted by Crippen LogP contribution is 2.24. The van der Waals surface area contributed by atoms with Gasteiger partial charge in [0.1, 0.15) is 0 Å². The van der Waals surface area contributed by atoms with Crippen molar-refractivity contribution in [2.24, 2.45) is 5.92 Å². The molecule has 0 aromatic heterocycles. The second kappa shape index (κ2) is 7.77. The third-order valence-corrected chi connectivity index (χ3v) is 4.16. The number of aliphatic hydroxyl groups is 1. The van der Waals surface area contributed by atoms with Gasteiger partial charge in [-0.1, -0.05) is 37.3 Å². The summed E-state index contributed by atoms with van der Waals surface area (Å²) in [5, 5.41) is 10.4. The first-order valence-electron chi connectivity index (χ1n) is 7.77. The van der Waals surface area contributed by atoms with E-state index in [-0.39, 0.29) is 12.0 Å². The maximum atomic E-state index is 10.4. The number of piperidine rings is 1. The van der Waals surface area contributed by atoms with E-state index in [1.807, 2.05) is 30.3 Å². The zero-order valence-electron chi connectivity index (χ0n) is 12.7. The Labute approximate surface area is 122 Å². The van der Waals surface area contributed by atoms with Crippen molar-refractivity contribution in [2.45, 2.75) is 38.9 Å². The van der Waals surface area contributed by atoms with E-state index in [0.717, 1.165) is 44.6 Å². The maximum Gasteiger partial charge on any atom is 0.0827 e.